The van der Waals surface area contributed by atoms with Crippen molar-refractivity contribution >= 4 is 17.7 Å². The van der Waals surface area contributed by atoms with E-state index in [9.17, 15) is 18.8 Å². The molecule has 9 nitrogen and oxygen atoms in total. The van der Waals surface area contributed by atoms with E-state index in [0.29, 0.717) is 24.4 Å². The lowest BCUT2D eigenvalue weighted by atomic mass is 9.83. The van der Waals surface area contributed by atoms with E-state index in [1.807, 2.05) is 37.3 Å². The first-order valence-electron chi connectivity index (χ1n) is 13.3. The van der Waals surface area contributed by atoms with Gasteiger partial charge in [-0.15, -0.1) is 5.10 Å². The number of likely N-dealkylation sites (N-methyl/N-ethyl adjacent to an activating group) is 1. The molecule has 1 aliphatic rings. The molecule has 3 amide bonds. The van der Waals surface area contributed by atoms with Gasteiger partial charge in [0.15, 0.2) is 5.69 Å². The highest BCUT2D eigenvalue weighted by Crippen LogP contribution is 2.28. The Morgan fingerprint density at radius 2 is 1.69 bits per heavy atom. The summed E-state index contributed by atoms with van der Waals surface area (Å²) in [5, 5.41) is 13.9. The molecule has 0 saturated heterocycles. The average molecular weight is 535 g/mol. The smallest absolute Gasteiger partial charge is 0.273 e. The van der Waals surface area contributed by atoms with Crippen LogP contribution >= 0.6 is 0 Å². The van der Waals surface area contributed by atoms with Crippen LogP contribution in [0.3, 0.4) is 0 Å². The number of hydrogen-bond acceptors (Lipinski definition) is 5. The number of nitrogens with one attached hydrogen (secondary N) is 2. The summed E-state index contributed by atoms with van der Waals surface area (Å²) in [6.07, 6.45) is 3.43. The molecule has 1 saturated carbocycles. The first-order valence-corrected chi connectivity index (χ1v) is 13.3. The summed E-state index contributed by atoms with van der Waals surface area (Å²) < 4.78 is 15.0. The molecule has 0 atom stereocenters. The Morgan fingerprint density at radius 3 is 2.36 bits per heavy atom. The molecule has 206 valence electrons. The van der Waals surface area contributed by atoms with Crippen molar-refractivity contribution in [1.29, 1.82) is 0 Å². The summed E-state index contributed by atoms with van der Waals surface area (Å²) >= 11 is 0. The van der Waals surface area contributed by atoms with Gasteiger partial charge in [0.25, 0.3) is 5.91 Å². The van der Waals surface area contributed by atoms with Crippen LogP contribution < -0.4 is 10.6 Å². The molecule has 1 aromatic heterocycles. The molecule has 1 heterocycles. The maximum atomic E-state index is 13.3. The summed E-state index contributed by atoms with van der Waals surface area (Å²) in [7, 11) is 1.53. The van der Waals surface area contributed by atoms with Crippen molar-refractivity contribution in [3.05, 3.63) is 82.9 Å². The maximum Gasteiger partial charge on any atom is 0.273 e. The second kappa shape index (κ2) is 13.1. The van der Waals surface area contributed by atoms with Gasteiger partial charge in [-0.1, -0.05) is 47.7 Å². The number of rotatable bonds is 10. The molecular weight excluding hydrogens is 499 g/mol. The Kier molecular flexibility index (Phi) is 9.40. The average Bonchev–Trinajstić information content (AvgIpc) is 3.30. The van der Waals surface area contributed by atoms with Crippen LogP contribution in [0.15, 0.2) is 54.6 Å². The van der Waals surface area contributed by atoms with Crippen molar-refractivity contribution in [2.75, 3.05) is 13.6 Å². The summed E-state index contributed by atoms with van der Waals surface area (Å²) in [5.41, 5.74) is 2.88. The van der Waals surface area contributed by atoms with Crippen molar-refractivity contribution in [2.24, 2.45) is 5.92 Å². The third-order valence-electron chi connectivity index (χ3n) is 7.27. The molecule has 2 N–H and O–H groups in total. The van der Waals surface area contributed by atoms with Gasteiger partial charge >= 0.3 is 0 Å². The maximum absolute atomic E-state index is 13.3. The lowest BCUT2D eigenvalue weighted by molar-refractivity contribution is -0.137. The number of amides is 3. The van der Waals surface area contributed by atoms with Crippen LogP contribution in [0.1, 0.15) is 59.4 Å². The minimum absolute atomic E-state index is 0.00344. The van der Waals surface area contributed by atoms with Gasteiger partial charge in [-0.25, -0.2) is 9.07 Å². The fraction of sp³-hybridized carbons (Fsp3) is 0.414. The van der Waals surface area contributed by atoms with Crippen LogP contribution in [-0.4, -0.2) is 57.2 Å². The van der Waals surface area contributed by atoms with Crippen LogP contribution in [0.25, 0.3) is 0 Å². The second-order valence-corrected chi connectivity index (χ2v) is 10.1. The first-order chi connectivity index (χ1) is 18.8. The monoisotopic (exact) mass is 534 g/mol. The molecule has 2 aromatic carbocycles. The zero-order valence-corrected chi connectivity index (χ0v) is 22.4. The van der Waals surface area contributed by atoms with E-state index in [1.165, 1.54) is 24.1 Å². The van der Waals surface area contributed by atoms with E-state index < -0.39 is 0 Å². The number of aromatic nitrogens is 3. The molecule has 4 rings (SSSR count). The van der Waals surface area contributed by atoms with Crippen LogP contribution in [0.2, 0.25) is 0 Å². The van der Waals surface area contributed by atoms with Gasteiger partial charge in [-0.3, -0.25) is 14.4 Å². The number of benzene rings is 2. The van der Waals surface area contributed by atoms with Crippen molar-refractivity contribution in [3.8, 4) is 0 Å². The topological polar surface area (TPSA) is 109 Å². The van der Waals surface area contributed by atoms with Gasteiger partial charge in [0.1, 0.15) is 5.82 Å². The number of hydrogen-bond donors (Lipinski definition) is 2. The molecule has 0 bridgehead atoms. The fourth-order valence-corrected chi connectivity index (χ4v) is 4.91. The Morgan fingerprint density at radius 1 is 1.00 bits per heavy atom. The normalized spacial score (nSPS) is 16.9. The van der Waals surface area contributed by atoms with Gasteiger partial charge < -0.3 is 15.5 Å². The van der Waals surface area contributed by atoms with Gasteiger partial charge in [-0.2, -0.15) is 0 Å². The van der Waals surface area contributed by atoms with Crippen LogP contribution in [0.4, 0.5) is 4.39 Å². The fourth-order valence-electron chi connectivity index (χ4n) is 4.91. The predicted molar refractivity (Wildman–Crippen MR) is 144 cm³/mol. The van der Waals surface area contributed by atoms with Crippen molar-refractivity contribution in [3.63, 3.8) is 0 Å². The Bertz CT molecular complexity index is 1270. The third kappa shape index (κ3) is 7.72. The van der Waals surface area contributed by atoms with E-state index in [1.54, 1.807) is 16.8 Å². The summed E-state index contributed by atoms with van der Waals surface area (Å²) in [6, 6.07) is 15.8. The molecule has 0 aliphatic heterocycles. The summed E-state index contributed by atoms with van der Waals surface area (Å²) in [4.78, 5) is 39.6. The predicted octanol–water partition coefficient (Wildman–Crippen LogP) is 3.23. The quantitative estimate of drug-likeness (QED) is 0.415. The number of carbonyl (C=O) groups excluding carboxylic acids is 3. The number of halogens is 1. The van der Waals surface area contributed by atoms with E-state index in [-0.39, 0.29) is 48.6 Å². The van der Waals surface area contributed by atoms with Crippen molar-refractivity contribution in [2.45, 2.75) is 58.2 Å². The lowest BCUT2D eigenvalue weighted by Crippen LogP contribution is -2.41. The van der Waals surface area contributed by atoms with E-state index in [4.69, 9.17) is 0 Å². The first kappa shape index (κ1) is 27.9. The highest BCUT2D eigenvalue weighted by atomic mass is 19.1. The van der Waals surface area contributed by atoms with Gasteiger partial charge in [0, 0.05) is 26.1 Å². The van der Waals surface area contributed by atoms with Crippen LogP contribution in [0, 0.1) is 18.7 Å². The van der Waals surface area contributed by atoms with Gasteiger partial charge in [0.2, 0.25) is 11.8 Å². The zero-order valence-electron chi connectivity index (χ0n) is 22.4. The molecule has 1 fully saturated rings. The summed E-state index contributed by atoms with van der Waals surface area (Å²) in [6.45, 7) is 2.58. The van der Waals surface area contributed by atoms with Crippen LogP contribution in [0.5, 0.6) is 0 Å². The Hall–Kier alpha value is -4.08. The standard InChI is InChI=1S/C29H35FN6O3/c1-20-28(33-34-36(20)18-22-6-4-3-5-7-22)29(39)32-25-14-10-21(11-15-25)16-27(38)35(19-26(37)31-2)17-23-8-12-24(30)13-9-23/h3-9,12-13,21,25H,10-11,14-19H2,1-2H3,(H,31,37)(H,32,39). The SMILES string of the molecule is CNC(=O)CN(Cc1ccc(F)cc1)C(=O)CC1CCC(NC(=O)c2nnn(Cc3ccccc3)c2C)CC1. The molecule has 0 spiro atoms. The van der Waals surface area contributed by atoms with Gasteiger partial charge in [-0.05, 0) is 61.8 Å². The van der Waals surface area contributed by atoms with Crippen molar-refractivity contribution < 1.29 is 18.8 Å². The van der Waals surface area contributed by atoms with Crippen LogP contribution in [-0.2, 0) is 22.7 Å². The van der Waals surface area contributed by atoms with E-state index >= 15 is 0 Å². The minimum atomic E-state index is -0.348. The lowest BCUT2D eigenvalue weighted by Gasteiger charge is -2.30. The minimum Gasteiger partial charge on any atom is -0.358 e. The highest BCUT2D eigenvalue weighted by molar-refractivity contribution is 5.93. The number of nitrogens with zero attached hydrogens (tertiary/aromatic N) is 4. The Labute approximate surface area is 227 Å². The second-order valence-electron chi connectivity index (χ2n) is 10.1. The molecular formula is C29H35FN6O3. The van der Waals surface area contributed by atoms with E-state index in [2.05, 4.69) is 20.9 Å². The van der Waals surface area contributed by atoms with Crippen molar-refractivity contribution in [1.82, 2.24) is 30.5 Å². The molecule has 1 aliphatic carbocycles. The van der Waals surface area contributed by atoms with Gasteiger partial charge in [0.05, 0.1) is 18.8 Å². The number of carbonyl (C=O) groups is 3. The Balaban J connectivity index is 1.28. The van der Waals surface area contributed by atoms with E-state index in [0.717, 1.165) is 36.8 Å². The molecule has 0 unspecified atom stereocenters. The molecule has 3 aromatic rings. The molecule has 0 radical (unpaired) electrons. The molecule has 39 heavy (non-hydrogen) atoms. The summed E-state index contributed by atoms with van der Waals surface area (Å²) in [5.74, 6) is -0.783. The zero-order chi connectivity index (χ0) is 27.8. The third-order valence-corrected chi connectivity index (χ3v) is 7.27. The molecule has 10 heteroatoms. The highest BCUT2D eigenvalue weighted by Gasteiger charge is 2.28. The largest absolute Gasteiger partial charge is 0.358 e.